The van der Waals surface area contributed by atoms with Gasteiger partial charge in [-0.05, 0) is 78.6 Å². The molecule has 0 N–H and O–H groups in total. The van der Waals surface area contributed by atoms with Crippen molar-refractivity contribution in [3.05, 3.63) is 59.2 Å². The molecule has 7 nitrogen and oxygen atoms in total. The topological polar surface area (TPSA) is 96.0 Å². The average Bonchev–Trinajstić information content (AvgIpc) is 2.89. The molecule has 0 unspecified atom stereocenters. The second kappa shape index (κ2) is 12.6. The molecule has 1 aromatic carbocycles. The highest BCUT2D eigenvalue weighted by Crippen LogP contribution is 2.59. The minimum atomic E-state index is -0.646. The maximum absolute atomic E-state index is 13.3. The summed E-state index contributed by atoms with van der Waals surface area (Å²) in [5, 5.41) is 0. The van der Waals surface area contributed by atoms with Gasteiger partial charge in [0.05, 0.1) is 0 Å². The third kappa shape index (κ3) is 6.55. The molecule has 0 spiro atoms. The van der Waals surface area contributed by atoms with Crippen LogP contribution in [0.25, 0.3) is 0 Å². The Balaban J connectivity index is 1.60. The van der Waals surface area contributed by atoms with Gasteiger partial charge < -0.3 is 14.2 Å². The molecule has 2 bridgehead atoms. The van der Waals surface area contributed by atoms with Crippen molar-refractivity contribution in [2.45, 2.75) is 111 Å². The van der Waals surface area contributed by atoms with E-state index in [2.05, 4.69) is 25.6 Å². The molecule has 2 saturated carbocycles. The van der Waals surface area contributed by atoms with Gasteiger partial charge >= 0.3 is 17.9 Å². The molecule has 3 aliphatic rings. The number of hydrogen-bond donors (Lipinski definition) is 0. The van der Waals surface area contributed by atoms with Crippen LogP contribution in [0.3, 0.4) is 0 Å². The summed E-state index contributed by atoms with van der Waals surface area (Å²) in [7, 11) is 0. The van der Waals surface area contributed by atoms with Crippen LogP contribution in [0.4, 0.5) is 0 Å². The quantitative estimate of drug-likeness (QED) is 0.151. The van der Waals surface area contributed by atoms with Gasteiger partial charge in [0, 0.05) is 38.5 Å². The number of hydrogen-bond acceptors (Lipinski definition) is 7. The second-order valence-electron chi connectivity index (χ2n) is 13.3. The van der Waals surface area contributed by atoms with Crippen LogP contribution in [0, 0.1) is 22.7 Å². The number of ketones is 1. The Morgan fingerprint density at radius 2 is 1.62 bits per heavy atom. The molecule has 0 aliphatic heterocycles. The van der Waals surface area contributed by atoms with E-state index in [-0.39, 0.29) is 30.0 Å². The van der Waals surface area contributed by atoms with E-state index < -0.39 is 41.1 Å². The number of unbranched alkanes of at least 4 members (excludes halogenated alkanes) is 1. The van der Waals surface area contributed by atoms with E-state index >= 15 is 0 Å². The lowest BCUT2D eigenvalue weighted by Gasteiger charge is -2.57. The minimum Gasteiger partial charge on any atom is -0.462 e. The summed E-state index contributed by atoms with van der Waals surface area (Å²) in [6.07, 6.45) is 2.97. The summed E-state index contributed by atoms with van der Waals surface area (Å²) in [4.78, 5) is 51.1. The molecule has 0 aromatic heterocycles. The highest BCUT2D eigenvalue weighted by molar-refractivity contribution is 5.97. The average molecular weight is 579 g/mol. The standard InChI is InChI=1S/C35H46O7/c1-21-27(38)19-26-33(41-24(4)37)32-22(2)28(42-30(39)16-12-11-15-25-13-9-8-10-14-25)17-18-35(32,7)20-29(40-23(3)36)31(21)34(26,5)6/h8-10,13-14,26,28-29,32-33H,2,11-12,15-20H2,1,3-7H3/t26-,28-,29-,32-,33+,35-/m0/s1. The highest BCUT2D eigenvalue weighted by Gasteiger charge is 2.59. The van der Waals surface area contributed by atoms with Gasteiger partial charge in [-0.1, -0.05) is 57.7 Å². The van der Waals surface area contributed by atoms with Crippen LogP contribution in [0.2, 0.25) is 0 Å². The summed E-state index contributed by atoms with van der Waals surface area (Å²) in [6.45, 7) is 15.2. The van der Waals surface area contributed by atoms with E-state index in [0.29, 0.717) is 36.8 Å². The first-order valence-electron chi connectivity index (χ1n) is 15.3. The van der Waals surface area contributed by atoms with Crippen molar-refractivity contribution >= 4 is 23.7 Å². The number of benzene rings is 1. The van der Waals surface area contributed by atoms with Crippen molar-refractivity contribution < 1.29 is 33.4 Å². The van der Waals surface area contributed by atoms with Crippen LogP contribution < -0.4 is 0 Å². The number of aryl methyl sites for hydroxylation is 1. The largest absolute Gasteiger partial charge is 0.462 e. The van der Waals surface area contributed by atoms with E-state index in [4.69, 9.17) is 14.2 Å². The van der Waals surface area contributed by atoms with E-state index in [1.54, 1.807) is 0 Å². The maximum atomic E-state index is 13.3. The Kier molecular flexibility index (Phi) is 9.49. The van der Waals surface area contributed by atoms with Gasteiger partial charge in [0.15, 0.2) is 5.78 Å². The third-order valence-electron chi connectivity index (χ3n) is 9.91. The Hall–Kier alpha value is -3.22. The molecule has 3 aliphatic carbocycles. The molecule has 7 heteroatoms. The van der Waals surface area contributed by atoms with E-state index in [1.165, 1.54) is 19.4 Å². The number of rotatable bonds is 8. The number of allylic oxidation sites excluding steroid dienone is 1. The Morgan fingerprint density at radius 3 is 2.26 bits per heavy atom. The van der Waals surface area contributed by atoms with Gasteiger partial charge in [-0.15, -0.1) is 0 Å². The first-order valence-corrected chi connectivity index (χ1v) is 15.3. The highest BCUT2D eigenvalue weighted by atomic mass is 16.6. The smallest absolute Gasteiger partial charge is 0.306 e. The van der Waals surface area contributed by atoms with Crippen LogP contribution in [-0.4, -0.2) is 42.0 Å². The zero-order valence-corrected chi connectivity index (χ0v) is 26.0. The molecule has 0 radical (unpaired) electrons. The van der Waals surface area contributed by atoms with Crippen molar-refractivity contribution in [3.63, 3.8) is 0 Å². The molecule has 0 heterocycles. The van der Waals surface area contributed by atoms with Crippen LogP contribution in [0.1, 0.15) is 92.1 Å². The van der Waals surface area contributed by atoms with Gasteiger partial charge in [0.1, 0.15) is 18.3 Å². The lowest BCUT2D eigenvalue weighted by Crippen LogP contribution is -2.58. The zero-order chi connectivity index (χ0) is 30.8. The summed E-state index contributed by atoms with van der Waals surface area (Å²) in [5.74, 6) is -1.88. The SMILES string of the molecule is C=C1[C@@H](OC(=O)CCCCc2ccccc2)CC[C@@]2(C)C[C@H](OC(C)=O)C3=C(C)C(=O)C[C@@H]([C@@H](OC(C)=O)[C@H]12)C3(C)C. The monoisotopic (exact) mass is 578 g/mol. The fourth-order valence-electron chi connectivity index (χ4n) is 7.91. The molecule has 2 fully saturated rings. The molecule has 42 heavy (non-hydrogen) atoms. The Labute approximate surface area is 250 Å². The molecular weight excluding hydrogens is 532 g/mol. The predicted molar refractivity (Wildman–Crippen MR) is 159 cm³/mol. The number of ether oxygens (including phenoxy) is 3. The summed E-state index contributed by atoms with van der Waals surface area (Å²) < 4.78 is 18.1. The van der Waals surface area contributed by atoms with Gasteiger partial charge in [0.25, 0.3) is 0 Å². The summed E-state index contributed by atoms with van der Waals surface area (Å²) in [6, 6.07) is 10.2. The maximum Gasteiger partial charge on any atom is 0.306 e. The minimum absolute atomic E-state index is 0.0351. The van der Waals surface area contributed by atoms with Gasteiger partial charge in [-0.3, -0.25) is 19.2 Å². The fourth-order valence-corrected chi connectivity index (χ4v) is 7.91. The summed E-state index contributed by atoms with van der Waals surface area (Å²) >= 11 is 0. The van der Waals surface area contributed by atoms with Crippen molar-refractivity contribution in [2.75, 3.05) is 0 Å². The number of Topliss-reactive ketones (excluding diaryl/α,β-unsaturated/α-hetero) is 1. The Morgan fingerprint density at radius 1 is 0.952 bits per heavy atom. The second-order valence-corrected chi connectivity index (χ2v) is 13.3. The molecule has 4 rings (SSSR count). The molecule has 228 valence electrons. The van der Waals surface area contributed by atoms with E-state index in [1.807, 2.05) is 39.0 Å². The lowest BCUT2D eigenvalue weighted by atomic mass is 9.50. The molecule has 6 atom stereocenters. The fraction of sp³-hybridized carbons (Fsp3) is 0.600. The van der Waals surface area contributed by atoms with Crippen LogP contribution in [0.15, 0.2) is 53.6 Å². The van der Waals surface area contributed by atoms with E-state index in [9.17, 15) is 19.2 Å². The van der Waals surface area contributed by atoms with Crippen molar-refractivity contribution in [1.82, 2.24) is 0 Å². The number of fused-ring (bicyclic) bond motifs is 3. The van der Waals surface area contributed by atoms with Gasteiger partial charge in [-0.2, -0.15) is 0 Å². The van der Waals surface area contributed by atoms with Gasteiger partial charge in [-0.25, -0.2) is 0 Å². The Bertz CT molecular complexity index is 1260. The van der Waals surface area contributed by atoms with Crippen LogP contribution >= 0.6 is 0 Å². The molecular formula is C35H46O7. The molecule has 0 saturated heterocycles. The normalized spacial score (nSPS) is 30.5. The zero-order valence-electron chi connectivity index (χ0n) is 26.0. The van der Waals surface area contributed by atoms with Crippen molar-refractivity contribution in [1.29, 1.82) is 0 Å². The lowest BCUT2D eigenvalue weighted by molar-refractivity contribution is -0.172. The van der Waals surface area contributed by atoms with Gasteiger partial charge in [0.2, 0.25) is 0 Å². The first kappa shape index (κ1) is 31.7. The predicted octanol–water partition coefficient (Wildman–Crippen LogP) is 6.48. The molecule has 1 aromatic rings. The summed E-state index contributed by atoms with van der Waals surface area (Å²) in [5.41, 5.74) is 2.31. The van der Waals surface area contributed by atoms with Crippen LogP contribution in [-0.2, 0) is 39.8 Å². The molecule has 0 amide bonds. The number of carbonyl (C=O) groups excluding carboxylic acids is 4. The van der Waals surface area contributed by atoms with E-state index in [0.717, 1.165) is 24.8 Å². The van der Waals surface area contributed by atoms with Crippen LogP contribution in [0.5, 0.6) is 0 Å². The number of esters is 3. The number of carbonyl (C=O) groups is 4. The van der Waals surface area contributed by atoms with Crippen molar-refractivity contribution in [2.24, 2.45) is 22.7 Å². The first-order chi connectivity index (χ1) is 19.7. The third-order valence-corrected chi connectivity index (χ3v) is 9.91. The van der Waals surface area contributed by atoms with Crippen molar-refractivity contribution in [3.8, 4) is 0 Å².